The summed E-state index contributed by atoms with van der Waals surface area (Å²) >= 11 is 5.86. The van der Waals surface area contributed by atoms with E-state index < -0.39 is 5.82 Å². The Labute approximate surface area is 117 Å². The van der Waals surface area contributed by atoms with Crippen LogP contribution in [0, 0.1) is 5.82 Å². The number of piperidine rings is 1. The van der Waals surface area contributed by atoms with Gasteiger partial charge in [0.2, 0.25) is 5.91 Å². The predicted molar refractivity (Wildman–Crippen MR) is 74.9 cm³/mol. The number of rotatable bonds is 4. The van der Waals surface area contributed by atoms with E-state index in [1.54, 1.807) is 6.07 Å². The van der Waals surface area contributed by atoms with Crippen molar-refractivity contribution in [1.82, 2.24) is 5.32 Å². The number of carbonyl (C=O) groups excluding carboxylic acids is 1. The number of hydrogen-bond acceptors (Lipinski definition) is 2. The van der Waals surface area contributed by atoms with Crippen LogP contribution in [-0.2, 0) is 4.79 Å². The van der Waals surface area contributed by atoms with Crippen molar-refractivity contribution < 1.29 is 9.18 Å². The summed E-state index contributed by atoms with van der Waals surface area (Å²) in [5.41, 5.74) is 0.0748. The van der Waals surface area contributed by atoms with Gasteiger partial charge in [-0.3, -0.25) is 4.79 Å². The van der Waals surface area contributed by atoms with Crippen LogP contribution < -0.4 is 10.6 Å². The Morgan fingerprint density at radius 2 is 2.32 bits per heavy atom. The van der Waals surface area contributed by atoms with Crippen LogP contribution >= 0.6 is 11.6 Å². The Morgan fingerprint density at radius 3 is 3.00 bits per heavy atom. The molecule has 5 heteroatoms. The first-order chi connectivity index (χ1) is 9.16. The molecule has 0 aromatic heterocycles. The second-order valence-electron chi connectivity index (χ2n) is 4.83. The highest BCUT2D eigenvalue weighted by Crippen LogP contribution is 2.24. The molecule has 3 nitrogen and oxygen atoms in total. The Balaban J connectivity index is 1.83. The van der Waals surface area contributed by atoms with Crippen LogP contribution in [0.1, 0.15) is 32.1 Å². The van der Waals surface area contributed by atoms with Gasteiger partial charge in [0.05, 0.1) is 10.7 Å². The average molecular weight is 285 g/mol. The van der Waals surface area contributed by atoms with Crippen molar-refractivity contribution >= 4 is 23.2 Å². The SMILES string of the molecule is O=C(CCC1CCCCN1)Nc1c(F)cccc1Cl. The zero-order valence-electron chi connectivity index (χ0n) is 10.7. The average Bonchev–Trinajstić information content (AvgIpc) is 2.42. The Hall–Kier alpha value is -1.13. The van der Waals surface area contributed by atoms with Crippen LogP contribution in [-0.4, -0.2) is 18.5 Å². The monoisotopic (exact) mass is 284 g/mol. The molecule has 104 valence electrons. The third-order valence-electron chi connectivity index (χ3n) is 3.36. The summed E-state index contributed by atoms with van der Waals surface area (Å²) in [5.74, 6) is -0.698. The highest BCUT2D eigenvalue weighted by atomic mass is 35.5. The Bertz CT molecular complexity index is 427. The van der Waals surface area contributed by atoms with Crippen LogP contribution in [0.25, 0.3) is 0 Å². The summed E-state index contributed by atoms with van der Waals surface area (Å²) in [5, 5.41) is 6.15. The van der Waals surface area contributed by atoms with Crippen molar-refractivity contribution in [3.8, 4) is 0 Å². The molecule has 1 heterocycles. The molecule has 1 saturated heterocycles. The molecule has 1 aromatic rings. The molecule has 19 heavy (non-hydrogen) atoms. The summed E-state index contributed by atoms with van der Waals surface area (Å²) < 4.78 is 13.5. The molecule has 0 aliphatic carbocycles. The van der Waals surface area contributed by atoms with Gasteiger partial charge in [-0.1, -0.05) is 24.1 Å². The normalized spacial score (nSPS) is 19.2. The second-order valence-corrected chi connectivity index (χ2v) is 5.24. The molecule has 1 fully saturated rings. The minimum absolute atomic E-state index is 0.0748. The van der Waals surface area contributed by atoms with E-state index in [0.29, 0.717) is 12.5 Å². The van der Waals surface area contributed by atoms with Crippen molar-refractivity contribution in [2.45, 2.75) is 38.1 Å². The lowest BCUT2D eigenvalue weighted by molar-refractivity contribution is -0.116. The third kappa shape index (κ3) is 4.18. The number of amides is 1. The van der Waals surface area contributed by atoms with Gasteiger partial charge in [0, 0.05) is 12.5 Å². The minimum atomic E-state index is -0.503. The maximum absolute atomic E-state index is 13.5. The number of nitrogens with one attached hydrogen (secondary N) is 2. The van der Waals surface area contributed by atoms with Gasteiger partial charge in [-0.2, -0.15) is 0 Å². The fourth-order valence-electron chi connectivity index (χ4n) is 2.29. The first-order valence-electron chi connectivity index (χ1n) is 6.64. The predicted octanol–water partition coefficient (Wildman–Crippen LogP) is 3.34. The lowest BCUT2D eigenvalue weighted by Crippen LogP contribution is -2.34. The van der Waals surface area contributed by atoms with Gasteiger partial charge >= 0.3 is 0 Å². The second kappa shape index (κ2) is 6.87. The van der Waals surface area contributed by atoms with Crippen molar-refractivity contribution in [2.24, 2.45) is 0 Å². The zero-order valence-corrected chi connectivity index (χ0v) is 11.5. The maximum Gasteiger partial charge on any atom is 0.224 e. The van der Waals surface area contributed by atoms with Gasteiger partial charge in [-0.05, 0) is 37.9 Å². The highest BCUT2D eigenvalue weighted by Gasteiger charge is 2.15. The molecule has 1 aliphatic rings. The molecule has 1 aliphatic heterocycles. The fraction of sp³-hybridized carbons (Fsp3) is 0.500. The molecule has 2 rings (SSSR count). The summed E-state index contributed by atoms with van der Waals surface area (Å²) in [6, 6.07) is 4.75. The number of anilines is 1. The van der Waals surface area contributed by atoms with Crippen LogP contribution in [0.2, 0.25) is 5.02 Å². The van der Waals surface area contributed by atoms with Gasteiger partial charge in [0.15, 0.2) is 0 Å². The quantitative estimate of drug-likeness (QED) is 0.890. The summed E-state index contributed by atoms with van der Waals surface area (Å²) in [6.07, 6.45) is 4.67. The van der Waals surface area contributed by atoms with E-state index in [9.17, 15) is 9.18 Å². The smallest absolute Gasteiger partial charge is 0.224 e. The fourth-order valence-corrected chi connectivity index (χ4v) is 2.51. The van der Waals surface area contributed by atoms with E-state index in [2.05, 4.69) is 10.6 Å². The van der Waals surface area contributed by atoms with Gasteiger partial charge in [-0.15, -0.1) is 0 Å². The maximum atomic E-state index is 13.5. The summed E-state index contributed by atoms with van der Waals surface area (Å²) in [7, 11) is 0. The molecular weight excluding hydrogens is 267 g/mol. The number of hydrogen-bond donors (Lipinski definition) is 2. The van der Waals surface area contributed by atoms with E-state index in [0.717, 1.165) is 19.4 Å². The molecule has 0 saturated carbocycles. The number of benzene rings is 1. The Kier molecular flexibility index (Phi) is 5.16. The topological polar surface area (TPSA) is 41.1 Å². The first-order valence-corrected chi connectivity index (χ1v) is 7.02. The highest BCUT2D eigenvalue weighted by molar-refractivity contribution is 6.33. The van der Waals surface area contributed by atoms with Crippen molar-refractivity contribution in [3.63, 3.8) is 0 Å². The van der Waals surface area contributed by atoms with Crippen molar-refractivity contribution in [3.05, 3.63) is 29.0 Å². The summed E-state index contributed by atoms with van der Waals surface area (Å²) in [4.78, 5) is 11.8. The molecule has 0 bridgehead atoms. The van der Waals surface area contributed by atoms with E-state index in [-0.39, 0.29) is 16.6 Å². The van der Waals surface area contributed by atoms with E-state index in [1.165, 1.54) is 25.0 Å². The third-order valence-corrected chi connectivity index (χ3v) is 3.67. The number of carbonyl (C=O) groups is 1. The first kappa shape index (κ1) is 14.3. The molecule has 1 amide bonds. The minimum Gasteiger partial charge on any atom is -0.322 e. The molecule has 1 unspecified atom stereocenters. The van der Waals surface area contributed by atoms with Gasteiger partial charge in [0.1, 0.15) is 5.82 Å². The van der Waals surface area contributed by atoms with Crippen LogP contribution in [0.4, 0.5) is 10.1 Å². The Morgan fingerprint density at radius 1 is 1.47 bits per heavy atom. The van der Waals surface area contributed by atoms with E-state index in [4.69, 9.17) is 11.6 Å². The lowest BCUT2D eigenvalue weighted by Gasteiger charge is -2.23. The zero-order chi connectivity index (χ0) is 13.7. The van der Waals surface area contributed by atoms with Gasteiger partial charge < -0.3 is 10.6 Å². The molecule has 2 N–H and O–H groups in total. The number of para-hydroxylation sites is 1. The standard InChI is InChI=1S/C14H18ClFN2O/c15-11-5-3-6-12(16)14(11)18-13(19)8-7-10-4-1-2-9-17-10/h3,5-6,10,17H,1-2,4,7-9H2,(H,18,19). The largest absolute Gasteiger partial charge is 0.322 e. The van der Waals surface area contributed by atoms with Crippen LogP contribution in [0.3, 0.4) is 0 Å². The van der Waals surface area contributed by atoms with Crippen molar-refractivity contribution in [1.29, 1.82) is 0 Å². The lowest BCUT2D eigenvalue weighted by atomic mass is 10.0. The van der Waals surface area contributed by atoms with Gasteiger partial charge in [-0.25, -0.2) is 4.39 Å². The van der Waals surface area contributed by atoms with Crippen molar-refractivity contribution in [2.75, 3.05) is 11.9 Å². The van der Waals surface area contributed by atoms with E-state index in [1.807, 2.05) is 0 Å². The molecule has 0 radical (unpaired) electrons. The summed E-state index contributed by atoms with van der Waals surface area (Å²) in [6.45, 7) is 1.02. The van der Waals surface area contributed by atoms with E-state index >= 15 is 0 Å². The van der Waals surface area contributed by atoms with Crippen LogP contribution in [0.15, 0.2) is 18.2 Å². The molecule has 0 spiro atoms. The molecular formula is C14H18ClFN2O. The molecule has 1 atom stereocenters. The van der Waals surface area contributed by atoms with Gasteiger partial charge in [0.25, 0.3) is 0 Å². The molecule has 1 aromatic carbocycles. The number of halogens is 2. The van der Waals surface area contributed by atoms with Crippen LogP contribution in [0.5, 0.6) is 0 Å².